The van der Waals surface area contributed by atoms with Crippen molar-refractivity contribution in [2.75, 3.05) is 18.4 Å². The molecule has 6 nitrogen and oxygen atoms in total. The summed E-state index contributed by atoms with van der Waals surface area (Å²) in [6, 6.07) is 12.6. The Hall–Kier alpha value is -2.64. The van der Waals surface area contributed by atoms with Gasteiger partial charge in [-0.2, -0.15) is 5.10 Å². The van der Waals surface area contributed by atoms with Gasteiger partial charge in [-0.15, -0.1) is 0 Å². The quantitative estimate of drug-likeness (QED) is 0.509. The molecule has 0 saturated carbocycles. The first-order chi connectivity index (χ1) is 14.3. The highest BCUT2D eigenvalue weighted by Gasteiger charge is 2.18. The summed E-state index contributed by atoms with van der Waals surface area (Å²) in [7, 11) is 0. The van der Waals surface area contributed by atoms with Crippen LogP contribution >= 0.6 is 27.5 Å². The van der Waals surface area contributed by atoms with Crippen LogP contribution in [0.4, 0.5) is 5.69 Å². The van der Waals surface area contributed by atoms with Crippen molar-refractivity contribution in [3.8, 4) is 5.69 Å². The van der Waals surface area contributed by atoms with E-state index in [0.29, 0.717) is 40.6 Å². The molecule has 30 heavy (non-hydrogen) atoms. The summed E-state index contributed by atoms with van der Waals surface area (Å²) >= 11 is 9.73. The normalized spacial score (nSPS) is 10.7. The van der Waals surface area contributed by atoms with Gasteiger partial charge in [0, 0.05) is 23.2 Å². The van der Waals surface area contributed by atoms with Crippen LogP contribution in [0.25, 0.3) is 5.69 Å². The molecule has 8 heteroatoms. The van der Waals surface area contributed by atoms with E-state index in [2.05, 4.69) is 26.3 Å². The van der Waals surface area contributed by atoms with Gasteiger partial charge in [0.2, 0.25) is 0 Å². The molecule has 0 fully saturated rings. The zero-order valence-electron chi connectivity index (χ0n) is 16.9. The SMILES string of the molecule is CCN(CC)C(=O)c1ccc(NC(=O)c2cnn(-c3ccc(Br)cc3)c2C)cc1Cl. The van der Waals surface area contributed by atoms with Crippen LogP contribution in [0.3, 0.4) is 0 Å². The van der Waals surface area contributed by atoms with Gasteiger partial charge in [-0.25, -0.2) is 4.68 Å². The minimum absolute atomic E-state index is 0.130. The number of hydrogen-bond donors (Lipinski definition) is 1. The molecule has 2 amide bonds. The van der Waals surface area contributed by atoms with Gasteiger partial charge in [0.1, 0.15) is 0 Å². The maximum absolute atomic E-state index is 12.8. The van der Waals surface area contributed by atoms with Gasteiger partial charge in [0.15, 0.2) is 0 Å². The number of carbonyl (C=O) groups excluding carboxylic acids is 2. The molecule has 0 saturated heterocycles. The molecule has 2 aromatic carbocycles. The monoisotopic (exact) mass is 488 g/mol. The van der Waals surface area contributed by atoms with Gasteiger partial charge in [0.05, 0.1) is 33.7 Å². The molecular weight excluding hydrogens is 468 g/mol. The number of hydrogen-bond acceptors (Lipinski definition) is 3. The highest BCUT2D eigenvalue weighted by atomic mass is 79.9. The van der Waals surface area contributed by atoms with Crippen LogP contribution in [0.15, 0.2) is 53.1 Å². The van der Waals surface area contributed by atoms with Crippen molar-refractivity contribution in [1.82, 2.24) is 14.7 Å². The van der Waals surface area contributed by atoms with Crippen molar-refractivity contribution in [3.63, 3.8) is 0 Å². The average molecular weight is 490 g/mol. The summed E-state index contributed by atoms with van der Waals surface area (Å²) in [5, 5.41) is 7.46. The van der Waals surface area contributed by atoms with E-state index >= 15 is 0 Å². The molecule has 0 atom stereocenters. The van der Waals surface area contributed by atoms with E-state index in [1.54, 1.807) is 27.8 Å². The molecule has 0 bridgehead atoms. The van der Waals surface area contributed by atoms with Gasteiger partial charge in [-0.05, 0) is 63.2 Å². The molecular formula is C22H22BrClN4O2. The van der Waals surface area contributed by atoms with Crippen LogP contribution < -0.4 is 5.32 Å². The van der Waals surface area contributed by atoms with Crippen LogP contribution in [0.1, 0.15) is 40.3 Å². The van der Waals surface area contributed by atoms with Crippen LogP contribution in [-0.4, -0.2) is 39.6 Å². The summed E-state index contributed by atoms with van der Waals surface area (Å²) in [4.78, 5) is 27.0. The zero-order chi connectivity index (χ0) is 21.8. The third-order valence-corrected chi connectivity index (χ3v) is 5.68. The number of carbonyl (C=O) groups is 2. The van der Waals surface area contributed by atoms with Crippen LogP contribution in [0.2, 0.25) is 5.02 Å². The lowest BCUT2D eigenvalue weighted by Gasteiger charge is -2.19. The van der Waals surface area contributed by atoms with Crippen molar-refractivity contribution in [2.24, 2.45) is 0 Å². The van der Waals surface area contributed by atoms with Gasteiger partial charge < -0.3 is 10.2 Å². The summed E-state index contributed by atoms with van der Waals surface area (Å²) in [5.41, 5.74) is 2.96. The van der Waals surface area contributed by atoms with Crippen molar-refractivity contribution in [2.45, 2.75) is 20.8 Å². The highest BCUT2D eigenvalue weighted by molar-refractivity contribution is 9.10. The predicted octanol–water partition coefficient (Wildman–Crippen LogP) is 5.33. The van der Waals surface area contributed by atoms with E-state index in [4.69, 9.17) is 11.6 Å². The minimum Gasteiger partial charge on any atom is -0.339 e. The Morgan fingerprint density at radius 3 is 2.37 bits per heavy atom. The fourth-order valence-electron chi connectivity index (χ4n) is 3.12. The summed E-state index contributed by atoms with van der Waals surface area (Å²) in [5.74, 6) is -0.427. The lowest BCUT2D eigenvalue weighted by Crippen LogP contribution is -2.30. The number of nitrogens with one attached hydrogen (secondary N) is 1. The van der Waals surface area contributed by atoms with Gasteiger partial charge in [-0.3, -0.25) is 9.59 Å². The van der Waals surface area contributed by atoms with E-state index < -0.39 is 0 Å². The number of halogens is 2. The molecule has 0 radical (unpaired) electrons. The van der Waals surface area contributed by atoms with Crippen LogP contribution in [-0.2, 0) is 0 Å². The number of rotatable bonds is 6. The van der Waals surface area contributed by atoms with E-state index in [1.807, 2.05) is 45.0 Å². The molecule has 0 aliphatic heterocycles. The Labute approximate surface area is 189 Å². The van der Waals surface area contributed by atoms with Crippen molar-refractivity contribution >= 4 is 45.0 Å². The second-order valence-electron chi connectivity index (χ2n) is 6.66. The Bertz CT molecular complexity index is 1080. The number of benzene rings is 2. The fourth-order valence-corrected chi connectivity index (χ4v) is 3.65. The molecule has 0 spiro atoms. The maximum atomic E-state index is 12.8. The topological polar surface area (TPSA) is 67.2 Å². The molecule has 1 aromatic heterocycles. The van der Waals surface area contributed by atoms with Crippen molar-refractivity contribution < 1.29 is 9.59 Å². The van der Waals surface area contributed by atoms with E-state index in [-0.39, 0.29) is 11.8 Å². The lowest BCUT2D eigenvalue weighted by molar-refractivity contribution is 0.0773. The third kappa shape index (κ3) is 4.57. The maximum Gasteiger partial charge on any atom is 0.259 e. The van der Waals surface area contributed by atoms with E-state index in [1.165, 1.54) is 6.20 Å². The number of aromatic nitrogens is 2. The Morgan fingerprint density at radius 1 is 1.10 bits per heavy atom. The zero-order valence-corrected chi connectivity index (χ0v) is 19.3. The molecule has 3 rings (SSSR count). The summed E-state index contributed by atoms with van der Waals surface area (Å²) < 4.78 is 2.68. The van der Waals surface area contributed by atoms with Gasteiger partial charge in [0.25, 0.3) is 11.8 Å². The number of anilines is 1. The van der Waals surface area contributed by atoms with E-state index in [0.717, 1.165) is 10.2 Å². The fraction of sp³-hybridized carbons (Fsp3) is 0.227. The average Bonchev–Trinajstić information content (AvgIpc) is 3.11. The van der Waals surface area contributed by atoms with Crippen molar-refractivity contribution in [1.29, 1.82) is 0 Å². The van der Waals surface area contributed by atoms with Gasteiger partial charge in [-0.1, -0.05) is 27.5 Å². The molecule has 0 aliphatic carbocycles. The van der Waals surface area contributed by atoms with Gasteiger partial charge >= 0.3 is 0 Å². The van der Waals surface area contributed by atoms with Crippen LogP contribution in [0.5, 0.6) is 0 Å². The van der Waals surface area contributed by atoms with Crippen molar-refractivity contribution in [3.05, 3.63) is 75.0 Å². The smallest absolute Gasteiger partial charge is 0.259 e. The second-order valence-corrected chi connectivity index (χ2v) is 7.98. The Morgan fingerprint density at radius 2 is 1.77 bits per heavy atom. The summed E-state index contributed by atoms with van der Waals surface area (Å²) in [6.07, 6.45) is 1.53. The second kappa shape index (κ2) is 9.45. The Balaban J connectivity index is 1.79. The van der Waals surface area contributed by atoms with Crippen LogP contribution in [0, 0.1) is 6.92 Å². The lowest BCUT2D eigenvalue weighted by atomic mass is 10.1. The number of amides is 2. The first-order valence-corrected chi connectivity index (χ1v) is 10.7. The highest BCUT2D eigenvalue weighted by Crippen LogP contribution is 2.24. The van der Waals surface area contributed by atoms with E-state index in [9.17, 15) is 9.59 Å². The molecule has 3 aromatic rings. The summed E-state index contributed by atoms with van der Waals surface area (Å²) in [6.45, 7) is 6.88. The minimum atomic E-state index is -0.297. The molecule has 0 aliphatic rings. The largest absolute Gasteiger partial charge is 0.339 e. The first-order valence-electron chi connectivity index (χ1n) is 9.56. The molecule has 0 unspecified atom stereocenters. The Kier molecular flexibility index (Phi) is 6.95. The number of nitrogens with zero attached hydrogens (tertiary/aromatic N) is 3. The standard InChI is InChI=1S/C22H22BrClN4O2/c1-4-27(5-2)22(30)18-11-8-16(12-20(18)24)26-21(29)19-13-25-28(14(19)3)17-9-6-15(23)7-10-17/h6-13H,4-5H2,1-3H3,(H,26,29). The predicted molar refractivity (Wildman–Crippen MR) is 123 cm³/mol. The first kappa shape index (κ1) is 22.1. The third-order valence-electron chi connectivity index (χ3n) is 4.83. The molecule has 1 N–H and O–H groups in total. The molecule has 1 heterocycles. The molecule has 156 valence electrons.